The van der Waals surface area contributed by atoms with Crippen LogP contribution in [0.1, 0.15) is 0 Å². The fourth-order valence-corrected chi connectivity index (χ4v) is 0. The molecule has 0 atom stereocenters. The van der Waals surface area contributed by atoms with Crippen LogP contribution in [-0.4, -0.2) is 16.5 Å². The third-order valence-electron chi connectivity index (χ3n) is 0.144. The monoisotopic (exact) mass is 151 g/mol. The molecule has 29 valence electrons. The summed E-state index contributed by atoms with van der Waals surface area (Å²) in [5.41, 5.74) is 0. The number of halogens is 1. The minimum atomic E-state index is 0. The molecule has 5 heavy (non-hydrogen) atoms. The molecule has 0 aromatic heterocycles. The molecule has 0 saturated carbocycles. The Hall–Kier alpha value is 0.573. The molecule has 0 aliphatic carbocycles. The van der Waals surface area contributed by atoms with Crippen molar-refractivity contribution in [1.82, 2.24) is 0 Å². The van der Waals surface area contributed by atoms with Gasteiger partial charge in [-0.05, 0) is 0 Å². The second-order valence-electron chi connectivity index (χ2n) is 0.493. The van der Waals surface area contributed by atoms with Crippen molar-refractivity contribution in [2.24, 2.45) is 0 Å². The molecule has 0 spiro atoms. The van der Waals surface area contributed by atoms with E-state index in [0.29, 0.717) is 0 Å². The molecule has 2 heteroatoms. The summed E-state index contributed by atoms with van der Waals surface area (Å²) in [4.78, 5) is 0. The van der Waals surface area contributed by atoms with Crippen molar-refractivity contribution in [3.05, 3.63) is 12.7 Å². The van der Waals surface area contributed by atoms with E-state index in [4.69, 9.17) is 0 Å². The van der Waals surface area contributed by atoms with Gasteiger partial charge in [0.25, 0.3) is 0 Å². The Kier molecular flexibility index (Phi) is 16.1. The molecule has 0 aliphatic rings. The van der Waals surface area contributed by atoms with E-state index in [-0.39, 0.29) is 12.4 Å². The average Bonchev–Trinajstić information content (AvgIpc) is 1.37. The summed E-state index contributed by atoms with van der Waals surface area (Å²) < 4.78 is 0. The fourth-order valence-electron chi connectivity index (χ4n) is 0. The maximum atomic E-state index is 3.48. The topological polar surface area (TPSA) is 0 Å². The molecule has 0 nitrogen and oxygen atoms in total. The predicted octanol–water partition coefficient (Wildman–Crippen LogP) is 1.18. The predicted molar refractivity (Wildman–Crippen MR) is 28.0 cm³/mol. The summed E-state index contributed by atoms with van der Waals surface area (Å²) >= 11 is 2.06. The van der Waals surface area contributed by atoms with E-state index >= 15 is 0 Å². The molecule has 3 radical (unpaired) electrons. The Morgan fingerprint density at radius 2 is 2.00 bits per heavy atom. The van der Waals surface area contributed by atoms with Crippen molar-refractivity contribution in [3.8, 4) is 0 Å². The van der Waals surface area contributed by atoms with Crippen LogP contribution in [0.5, 0.6) is 0 Å². The Morgan fingerprint density at radius 3 is 2.00 bits per heavy atom. The van der Waals surface area contributed by atoms with Crippen LogP contribution < -0.4 is 0 Å². The Bertz CT molecular complexity index is 20.9. The maximum absolute atomic E-state index is 3.48. The van der Waals surface area contributed by atoms with Gasteiger partial charge in [0.05, 0.1) is 0 Å². The minimum Gasteiger partial charge on any atom is -0.147 e. The molecule has 0 bridgehead atoms. The zero-order chi connectivity index (χ0) is 3.41. The summed E-state index contributed by atoms with van der Waals surface area (Å²) in [5.74, 6) is 0. The van der Waals surface area contributed by atoms with E-state index in [0.717, 1.165) is 5.25 Å². The van der Waals surface area contributed by atoms with E-state index in [2.05, 4.69) is 23.1 Å². The SMILES string of the molecule is C=C[CH2][Ge].Cl. The third kappa shape index (κ3) is 12.2. The largest absolute Gasteiger partial charge is 0.147 e. The summed E-state index contributed by atoms with van der Waals surface area (Å²) in [6.45, 7) is 3.48. The summed E-state index contributed by atoms with van der Waals surface area (Å²) in [7, 11) is 0. The van der Waals surface area contributed by atoms with Gasteiger partial charge in [-0.2, -0.15) is 0 Å². The van der Waals surface area contributed by atoms with Crippen LogP contribution in [0.15, 0.2) is 12.7 Å². The molecule has 0 aromatic rings. The van der Waals surface area contributed by atoms with E-state index in [1.807, 2.05) is 6.08 Å². The van der Waals surface area contributed by atoms with Crippen LogP contribution in [0.3, 0.4) is 0 Å². The van der Waals surface area contributed by atoms with Crippen LogP contribution in [-0.2, 0) is 0 Å². The van der Waals surface area contributed by atoms with Crippen molar-refractivity contribution < 1.29 is 0 Å². The fraction of sp³-hybridized carbons (Fsp3) is 0.333. The van der Waals surface area contributed by atoms with Gasteiger partial charge in [0.2, 0.25) is 0 Å². The first-order valence-electron chi connectivity index (χ1n) is 1.17. The Balaban J connectivity index is 0. The van der Waals surface area contributed by atoms with Crippen LogP contribution in [0, 0.1) is 0 Å². The van der Waals surface area contributed by atoms with Crippen molar-refractivity contribution >= 4 is 28.9 Å². The number of hydrogen-bond acceptors (Lipinski definition) is 0. The second-order valence-corrected chi connectivity index (χ2v) is 1.35. The van der Waals surface area contributed by atoms with Gasteiger partial charge in [0.1, 0.15) is 0 Å². The van der Waals surface area contributed by atoms with Crippen molar-refractivity contribution in [2.45, 2.75) is 5.25 Å². The maximum Gasteiger partial charge on any atom is -0.147 e. The van der Waals surface area contributed by atoms with Crippen LogP contribution >= 0.6 is 12.4 Å². The third-order valence-corrected chi connectivity index (χ3v) is 0.750. The average molecular weight is 150 g/mol. The molecular weight excluding hydrogens is 144 g/mol. The van der Waals surface area contributed by atoms with Gasteiger partial charge in [-0.1, -0.05) is 0 Å². The van der Waals surface area contributed by atoms with Crippen LogP contribution in [0.2, 0.25) is 5.25 Å². The van der Waals surface area contributed by atoms with E-state index < -0.39 is 0 Å². The van der Waals surface area contributed by atoms with Crippen LogP contribution in [0.25, 0.3) is 0 Å². The van der Waals surface area contributed by atoms with E-state index in [1.54, 1.807) is 0 Å². The Labute approximate surface area is 47.3 Å². The molecule has 0 heterocycles. The molecule has 0 aliphatic heterocycles. The first-order chi connectivity index (χ1) is 1.91. The van der Waals surface area contributed by atoms with Crippen molar-refractivity contribution in [1.29, 1.82) is 0 Å². The zero-order valence-corrected chi connectivity index (χ0v) is 5.81. The van der Waals surface area contributed by atoms with Gasteiger partial charge in [0, 0.05) is 0 Å². The molecule has 0 rings (SSSR count). The van der Waals surface area contributed by atoms with Crippen molar-refractivity contribution in [3.63, 3.8) is 0 Å². The van der Waals surface area contributed by atoms with Gasteiger partial charge in [0.15, 0.2) is 0 Å². The van der Waals surface area contributed by atoms with Gasteiger partial charge in [-0.3, -0.25) is 0 Å². The first kappa shape index (κ1) is 9.13. The second kappa shape index (κ2) is 8.82. The Morgan fingerprint density at radius 1 is 1.80 bits per heavy atom. The quantitative estimate of drug-likeness (QED) is 0.389. The van der Waals surface area contributed by atoms with Crippen molar-refractivity contribution in [2.75, 3.05) is 0 Å². The molecule has 0 saturated heterocycles. The zero-order valence-electron chi connectivity index (χ0n) is 2.90. The molecule has 0 N–H and O–H groups in total. The summed E-state index contributed by atoms with van der Waals surface area (Å²) in [5, 5.41) is 1.08. The summed E-state index contributed by atoms with van der Waals surface area (Å²) in [6.07, 6.45) is 1.88. The summed E-state index contributed by atoms with van der Waals surface area (Å²) in [6, 6.07) is 0. The van der Waals surface area contributed by atoms with Crippen LogP contribution in [0.4, 0.5) is 0 Å². The van der Waals surface area contributed by atoms with Gasteiger partial charge < -0.3 is 0 Å². The number of allylic oxidation sites excluding steroid dienone is 1. The van der Waals surface area contributed by atoms with E-state index in [9.17, 15) is 0 Å². The van der Waals surface area contributed by atoms with Gasteiger partial charge >= 0.3 is 34.4 Å². The molecule has 0 aromatic carbocycles. The standard InChI is InChI=1S/C3H5Ge.ClH/c1-2-3-4;/h2H,1,3H2;1H. The minimum absolute atomic E-state index is 0. The molecule has 0 fully saturated rings. The van der Waals surface area contributed by atoms with E-state index in [1.165, 1.54) is 0 Å². The van der Waals surface area contributed by atoms with Gasteiger partial charge in [-0.15, -0.1) is 12.4 Å². The normalized spacial score (nSPS) is 5.00. The molecular formula is C3H6ClGe. The smallest absolute Gasteiger partial charge is 0.147 e. The molecule has 0 unspecified atom stereocenters. The first-order valence-corrected chi connectivity index (χ1v) is 2.65. The number of hydrogen-bond donors (Lipinski definition) is 0. The number of rotatable bonds is 1. The molecule has 0 amide bonds. The van der Waals surface area contributed by atoms with Gasteiger partial charge in [-0.25, -0.2) is 0 Å².